The molecular formula is C15H21N3O3S. The fourth-order valence-corrected chi connectivity index (χ4v) is 3.20. The summed E-state index contributed by atoms with van der Waals surface area (Å²) in [6.07, 6.45) is 7.48. The van der Waals surface area contributed by atoms with Crippen LogP contribution in [0.4, 0.5) is 0 Å². The first-order valence-corrected chi connectivity index (χ1v) is 8.56. The molecule has 1 fully saturated rings. The van der Waals surface area contributed by atoms with E-state index >= 15 is 0 Å². The van der Waals surface area contributed by atoms with Crippen LogP contribution < -0.4 is 5.32 Å². The van der Waals surface area contributed by atoms with Crippen LogP contribution in [-0.4, -0.2) is 47.8 Å². The van der Waals surface area contributed by atoms with Crippen molar-refractivity contribution in [2.75, 3.05) is 26.4 Å². The molecule has 0 aromatic carbocycles. The summed E-state index contributed by atoms with van der Waals surface area (Å²) < 4.78 is 13.0. The van der Waals surface area contributed by atoms with Gasteiger partial charge in [0.1, 0.15) is 0 Å². The summed E-state index contributed by atoms with van der Waals surface area (Å²) in [5.41, 5.74) is 0.805. The minimum atomic E-state index is 0.00452. The maximum absolute atomic E-state index is 11.8. The molecule has 0 radical (unpaired) electrons. The van der Waals surface area contributed by atoms with E-state index < -0.39 is 0 Å². The van der Waals surface area contributed by atoms with Gasteiger partial charge >= 0.3 is 0 Å². The molecule has 1 unspecified atom stereocenters. The van der Waals surface area contributed by atoms with Crippen molar-refractivity contribution in [1.29, 1.82) is 0 Å². The molecule has 6 nitrogen and oxygen atoms in total. The minimum absolute atomic E-state index is 0.00452. The Labute approximate surface area is 133 Å². The lowest BCUT2D eigenvalue weighted by atomic mass is 10.2. The van der Waals surface area contributed by atoms with E-state index in [2.05, 4.69) is 10.3 Å². The number of fused-ring (bicyclic) bond motifs is 1. The van der Waals surface area contributed by atoms with Crippen molar-refractivity contribution in [3.05, 3.63) is 23.5 Å². The molecule has 0 aliphatic carbocycles. The van der Waals surface area contributed by atoms with Crippen LogP contribution in [0.15, 0.2) is 17.8 Å². The predicted molar refractivity (Wildman–Crippen MR) is 84.2 cm³/mol. The Morgan fingerprint density at radius 1 is 1.59 bits per heavy atom. The molecule has 120 valence electrons. The van der Waals surface area contributed by atoms with Crippen LogP contribution in [-0.2, 0) is 20.7 Å². The molecule has 2 aromatic rings. The largest absolute Gasteiger partial charge is 0.379 e. The number of rotatable bonds is 8. The molecule has 0 saturated carbocycles. The van der Waals surface area contributed by atoms with Crippen molar-refractivity contribution in [2.45, 2.75) is 31.8 Å². The average molecular weight is 323 g/mol. The third kappa shape index (κ3) is 4.28. The van der Waals surface area contributed by atoms with Gasteiger partial charge in [0.2, 0.25) is 5.91 Å². The zero-order valence-electron chi connectivity index (χ0n) is 12.5. The first-order valence-electron chi connectivity index (χ1n) is 7.68. The number of hydrogen-bond acceptors (Lipinski definition) is 5. The second-order valence-electron chi connectivity index (χ2n) is 5.42. The second-order valence-corrected chi connectivity index (χ2v) is 6.29. The maximum Gasteiger partial charge on any atom is 0.226 e. The van der Waals surface area contributed by atoms with E-state index in [1.165, 1.54) is 0 Å². The summed E-state index contributed by atoms with van der Waals surface area (Å²) >= 11 is 1.57. The molecule has 1 saturated heterocycles. The fraction of sp³-hybridized carbons (Fsp3) is 0.600. The van der Waals surface area contributed by atoms with Gasteiger partial charge in [0, 0.05) is 37.5 Å². The Morgan fingerprint density at radius 2 is 2.55 bits per heavy atom. The lowest BCUT2D eigenvalue weighted by Crippen LogP contribution is -2.27. The summed E-state index contributed by atoms with van der Waals surface area (Å²) in [5, 5.41) is 4.88. The molecule has 7 heteroatoms. The van der Waals surface area contributed by atoms with Gasteiger partial charge in [0.15, 0.2) is 4.96 Å². The summed E-state index contributed by atoms with van der Waals surface area (Å²) in [5.74, 6) is 0.00452. The van der Waals surface area contributed by atoms with E-state index in [4.69, 9.17) is 9.47 Å². The molecule has 22 heavy (non-hydrogen) atoms. The van der Waals surface area contributed by atoms with Crippen LogP contribution in [0.1, 0.15) is 25.0 Å². The molecule has 1 amide bonds. The lowest BCUT2D eigenvalue weighted by Gasteiger charge is -2.10. The highest BCUT2D eigenvalue weighted by atomic mass is 32.1. The van der Waals surface area contributed by atoms with Gasteiger partial charge in [-0.15, -0.1) is 11.3 Å². The number of carbonyl (C=O) groups excluding carboxylic acids is 1. The van der Waals surface area contributed by atoms with Crippen molar-refractivity contribution in [3.8, 4) is 0 Å². The number of nitrogens with zero attached hydrogens (tertiary/aromatic N) is 2. The highest BCUT2D eigenvalue weighted by Gasteiger charge is 2.15. The number of aromatic nitrogens is 2. The van der Waals surface area contributed by atoms with Crippen molar-refractivity contribution >= 4 is 22.2 Å². The molecule has 1 atom stereocenters. The van der Waals surface area contributed by atoms with E-state index in [9.17, 15) is 4.79 Å². The van der Waals surface area contributed by atoms with Gasteiger partial charge in [-0.1, -0.05) is 0 Å². The fourth-order valence-electron chi connectivity index (χ4n) is 2.48. The standard InChI is InChI=1S/C15H21N3O3S/c19-14(9-12-10-18-5-8-22-15(18)17-12)16-4-2-6-20-11-13-3-1-7-21-13/h5,8,10,13H,1-4,6-7,9,11H2,(H,16,19). The first-order chi connectivity index (χ1) is 10.8. The Morgan fingerprint density at radius 3 is 3.36 bits per heavy atom. The van der Waals surface area contributed by atoms with Crippen molar-refractivity contribution in [3.63, 3.8) is 0 Å². The van der Waals surface area contributed by atoms with Crippen molar-refractivity contribution in [2.24, 2.45) is 0 Å². The van der Waals surface area contributed by atoms with Gasteiger partial charge in [-0.2, -0.15) is 0 Å². The van der Waals surface area contributed by atoms with Crippen molar-refractivity contribution in [1.82, 2.24) is 14.7 Å². The molecule has 1 N–H and O–H groups in total. The zero-order chi connectivity index (χ0) is 15.2. The third-order valence-electron chi connectivity index (χ3n) is 3.60. The molecule has 3 rings (SSSR count). The normalized spacial score (nSPS) is 18.1. The van der Waals surface area contributed by atoms with Gasteiger partial charge in [-0.3, -0.25) is 9.20 Å². The number of ether oxygens (including phenoxy) is 2. The molecule has 2 aromatic heterocycles. The Hall–Kier alpha value is -1.44. The smallest absolute Gasteiger partial charge is 0.226 e. The van der Waals surface area contributed by atoms with E-state index in [0.29, 0.717) is 26.2 Å². The van der Waals surface area contributed by atoms with E-state index in [1.807, 2.05) is 22.2 Å². The molecule has 3 heterocycles. The molecule has 0 spiro atoms. The van der Waals surface area contributed by atoms with Crippen LogP contribution in [0.3, 0.4) is 0 Å². The Balaban J connectivity index is 1.27. The monoisotopic (exact) mass is 323 g/mol. The Bertz CT molecular complexity index is 575. The van der Waals surface area contributed by atoms with Gasteiger partial charge in [-0.25, -0.2) is 4.98 Å². The van der Waals surface area contributed by atoms with Gasteiger partial charge in [-0.05, 0) is 19.3 Å². The second kappa shape index (κ2) is 7.71. The van der Waals surface area contributed by atoms with Gasteiger partial charge < -0.3 is 14.8 Å². The van der Waals surface area contributed by atoms with Crippen LogP contribution >= 0.6 is 11.3 Å². The Kier molecular flexibility index (Phi) is 5.42. The first kappa shape index (κ1) is 15.5. The van der Waals surface area contributed by atoms with E-state index in [0.717, 1.165) is 36.5 Å². The number of carbonyl (C=O) groups is 1. The SMILES string of the molecule is O=C(Cc1cn2ccsc2n1)NCCCOCC1CCCO1. The summed E-state index contributed by atoms with van der Waals surface area (Å²) in [4.78, 5) is 17.2. The predicted octanol–water partition coefficient (Wildman–Crippen LogP) is 1.64. The summed E-state index contributed by atoms with van der Waals surface area (Å²) in [6, 6.07) is 0. The maximum atomic E-state index is 11.8. The number of nitrogens with one attached hydrogen (secondary N) is 1. The molecule has 1 aliphatic rings. The average Bonchev–Trinajstić information content (AvgIpc) is 3.19. The number of amides is 1. The number of hydrogen-bond donors (Lipinski definition) is 1. The third-order valence-corrected chi connectivity index (χ3v) is 4.37. The molecule has 1 aliphatic heterocycles. The quantitative estimate of drug-likeness (QED) is 0.750. The molecular weight excluding hydrogens is 302 g/mol. The van der Waals surface area contributed by atoms with Crippen molar-refractivity contribution < 1.29 is 14.3 Å². The van der Waals surface area contributed by atoms with Crippen LogP contribution in [0.2, 0.25) is 0 Å². The number of imidazole rings is 1. The van der Waals surface area contributed by atoms with Crippen LogP contribution in [0.25, 0.3) is 4.96 Å². The summed E-state index contributed by atoms with van der Waals surface area (Å²) in [7, 11) is 0. The zero-order valence-corrected chi connectivity index (χ0v) is 13.3. The minimum Gasteiger partial charge on any atom is -0.379 e. The van der Waals surface area contributed by atoms with Gasteiger partial charge in [0.05, 0.1) is 24.8 Å². The highest BCUT2D eigenvalue weighted by Crippen LogP contribution is 2.12. The van der Waals surface area contributed by atoms with E-state index in [-0.39, 0.29) is 12.0 Å². The number of thiazole rings is 1. The van der Waals surface area contributed by atoms with Crippen LogP contribution in [0.5, 0.6) is 0 Å². The van der Waals surface area contributed by atoms with E-state index in [1.54, 1.807) is 11.3 Å². The topological polar surface area (TPSA) is 64.9 Å². The summed E-state index contributed by atoms with van der Waals surface area (Å²) in [6.45, 7) is 2.81. The lowest BCUT2D eigenvalue weighted by molar-refractivity contribution is -0.120. The highest BCUT2D eigenvalue weighted by molar-refractivity contribution is 7.15. The van der Waals surface area contributed by atoms with Gasteiger partial charge in [0.25, 0.3) is 0 Å². The molecule has 0 bridgehead atoms. The van der Waals surface area contributed by atoms with Crippen LogP contribution in [0, 0.1) is 0 Å².